The van der Waals surface area contributed by atoms with Crippen molar-refractivity contribution in [2.45, 2.75) is 31.7 Å². The standard InChI is InChI=1S/C19H24N2O.ClH/c1-20-18(11-10-16-8-4-2-5-9-16)14-17(19(20)22)15-21-12-6-3-7-13-21;/h2,4-5,8-9,17-18H,3,6-7,12-15H2,1H3;1H/t17-,18-;/m0./s1. The molecule has 124 valence electrons. The molecule has 0 unspecified atom stereocenters. The summed E-state index contributed by atoms with van der Waals surface area (Å²) < 4.78 is 0. The van der Waals surface area contributed by atoms with Gasteiger partial charge in [0.05, 0.1) is 12.0 Å². The van der Waals surface area contributed by atoms with Gasteiger partial charge in [0.1, 0.15) is 0 Å². The molecule has 3 rings (SSSR count). The van der Waals surface area contributed by atoms with Crippen LogP contribution in [0.15, 0.2) is 30.3 Å². The molecule has 1 amide bonds. The van der Waals surface area contributed by atoms with E-state index >= 15 is 0 Å². The number of rotatable bonds is 2. The summed E-state index contributed by atoms with van der Waals surface area (Å²) in [5.74, 6) is 6.87. The van der Waals surface area contributed by atoms with E-state index in [1.54, 1.807) is 0 Å². The van der Waals surface area contributed by atoms with Gasteiger partial charge in [0.25, 0.3) is 0 Å². The zero-order valence-electron chi connectivity index (χ0n) is 13.7. The van der Waals surface area contributed by atoms with E-state index < -0.39 is 0 Å². The second-order valence-electron chi connectivity index (χ2n) is 6.39. The Morgan fingerprint density at radius 2 is 1.83 bits per heavy atom. The molecule has 2 atom stereocenters. The number of benzene rings is 1. The number of carbonyl (C=O) groups is 1. The fourth-order valence-corrected chi connectivity index (χ4v) is 3.42. The van der Waals surface area contributed by atoms with Gasteiger partial charge in [-0.3, -0.25) is 4.79 Å². The molecule has 0 saturated carbocycles. The first-order chi connectivity index (χ1) is 10.7. The van der Waals surface area contributed by atoms with Crippen LogP contribution in [0.4, 0.5) is 0 Å². The predicted molar refractivity (Wildman–Crippen MR) is 95.5 cm³/mol. The van der Waals surface area contributed by atoms with Crippen LogP contribution in [0.5, 0.6) is 0 Å². The lowest BCUT2D eigenvalue weighted by atomic mass is 10.0. The van der Waals surface area contributed by atoms with Crippen molar-refractivity contribution < 1.29 is 4.79 Å². The van der Waals surface area contributed by atoms with Crippen molar-refractivity contribution in [1.82, 2.24) is 9.80 Å². The molecule has 2 aliphatic rings. The number of likely N-dealkylation sites (tertiary alicyclic amines) is 2. The maximum absolute atomic E-state index is 12.4. The summed E-state index contributed by atoms with van der Waals surface area (Å²) >= 11 is 0. The normalized spacial score (nSPS) is 24.7. The first-order valence-electron chi connectivity index (χ1n) is 8.29. The molecule has 23 heavy (non-hydrogen) atoms. The lowest BCUT2D eigenvalue weighted by molar-refractivity contribution is -0.130. The van der Waals surface area contributed by atoms with Gasteiger partial charge in [0.15, 0.2) is 0 Å². The number of amides is 1. The molecule has 0 radical (unpaired) electrons. The molecule has 3 nitrogen and oxygen atoms in total. The van der Waals surface area contributed by atoms with Gasteiger partial charge in [-0.05, 0) is 44.5 Å². The van der Waals surface area contributed by atoms with E-state index in [0.29, 0.717) is 0 Å². The third-order valence-electron chi connectivity index (χ3n) is 4.76. The Hall–Kier alpha value is -1.50. The van der Waals surface area contributed by atoms with Gasteiger partial charge < -0.3 is 9.80 Å². The first kappa shape index (κ1) is 17.8. The highest BCUT2D eigenvalue weighted by Crippen LogP contribution is 2.25. The number of halogens is 1. The third kappa shape index (κ3) is 4.50. The van der Waals surface area contributed by atoms with Crippen molar-refractivity contribution in [3.63, 3.8) is 0 Å². The summed E-state index contributed by atoms with van der Waals surface area (Å²) in [6.45, 7) is 3.20. The Kier molecular flexibility index (Phi) is 6.50. The van der Waals surface area contributed by atoms with Crippen LogP contribution in [0.25, 0.3) is 0 Å². The highest BCUT2D eigenvalue weighted by atomic mass is 35.5. The van der Waals surface area contributed by atoms with Crippen molar-refractivity contribution in [2.75, 3.05) is 26.7 Å². The lowest BCUT2D eigenvalue weighted by Gasteiger charge is -2.28. The van der Waals surface area contributed by atoms with Gasteiger partial charge in [-0.1, -0.05) is 36.5 Å². The Balaban J connectivity index is 0.00000192. The predicted octanol–water partition coefficient (Wildman–Crippen LogP) is 2.79. The first-order valence-corrected chi connectivity index (χ1v) is 8.29. The van der Waals surface area contributed by atoms with Crippen molar-refractivity contribution in [3.05, 3.63) is 35.9 Å². The molecule has 2 heterocycles. The van der Waals surface area contributed by atoms with E-state index in [1.165, 1.54) is 19.3 Å². The van der Waals surface area contributed by atoms with Crippen LogP contribution in [-0.4, -0.2) is 48.4 Å². The largest absolute Gasteiger partial charge is 0.332 e. The fraction of sp³-hybridized carbons (Fsp3) is 0.526. The van der Waals surface area contributed by atoms with Crippen LogP contribution in [0.3, 0.4) is 0 Å². The van der Waals surface area contributed by atoms with E-state index in [9.17, 15) is 4.79 Å². The number of nitrogens with zero attached hydrogens (tertiary/aromatic N) is 2. The van der Waals surface area contributed by atoms with Gasteiger partial charge in [0, 0.05) is 19.2 Å². The van der Waals surface area contributed by atoms with Gasteiger partial charge >= 0.3 is 0 Å². The molecule has 0 aromatic heterocycles. The molecule has 0 N–H and O–H groups in total. The van der Waals surface area contributed by atoms with Gasteiger partial charge in [0.2, 0.25) is 5.91 Å². The van der Waals surface area contributed by atoms with E-state index in [4.69, 9.17) is 0 Å². The number of hydrogen-bond donors (Lipinski definition) is 0. The summed E-state index contributed by atoms with van der Waals surface area (Å²) in [5, 5.41) is 0. The van der Waals surface area contributed by atoms with Crippen LogP contribution < -0.4 is 0 Å². The van der Waals surface area contributed by atoms with E-state index in [2.05, 4.69) is 16.7 Å². The minimum absolute atomic E-state index is 0. The van der Waals surface area contributed by atoms with Crippen molar-refractivity contribution in [2.24, 2.45) is 5.92 Å². The van der Waals surface area contributed by atoms with E-state index in [1.807, 2.05) is 42.3 Å². The van der Waals surface area contributed by atoms with E-state index in [0.717, 1.165) is 31.6 Å². The molecule has 2 saturated heterocycles. The van der Waals surface area contributed by atoms with Crippen molar-refractivity contribution in [1.29, 1.82) is 0 Å². The molecule has 2 fully saturated rings. The number of hydrogen-bond acceptors (Lipinski definition) is 2. The SMILES string of the molecule is CN1C(=O)[C@H](CN2CCCCC2)C[C@@H]1C#Cc1ccccc1.Cl. The Bertz CT molecular complexity index is 572. The van der Waals surface area contributed by atoms with Gasteiger partial charge in [-0.2, -0.15) is 0 Å². The summed E-state index contributed by atoms with van der Waals surface area (Å²) in [6, 6.07) is 10.1. The maximum Gasteiger partial charge on any atom is 0.227 e. The highest BCUT2D eigenvalue weighted by molar-refractivity contribution is 5.85. The van der Waals surface area contributed by atoms with Gasteiger partial charge in [-0.25, -0.2) is 0 Å². The van der Waals surface area contributed by atoms with Crippen LogP contribution in [0.1, 0.15) is 31.2 Å². The third-order valence-corrected chi connectivity index (χ3v) is 4.76. The minimum Gasteiger partial charge on any atom is -0.332 e. The summed E-state index contributed by atoms with van der Waals surface area (Å²) in [7, 11) is 1.89. The second-order valence-corrected chi connectivity index (χ2v) is 6.39. The Labute approximate surface area is 145 Å². The smallest absolute Gasteiger partial charge is 0.227 e. The quantitative estimate of drug-likeness (QED) is 0.777. The Morgan fingerprint density at radius 1 is 1.13 bits per heavy atom. The van der Waals surface area contributed by atoms with Crippen LogP contribution in [0.2, 0.25) is 0 Å². The Morgan fingerprint density at radius 3 is 2.52 bits per heavy atom. The zero-order valence-corrected chi connectivity index (χ0v) is 14.5. The summed E-state index contributed by atoms with van der Waals surface area (Å²) in [4.78, 5) is 16.7. The number of carbonyl (C=O) groups excluding carboxylic acids is 1. The average molecular weight is 333 g/mol. The number of piperidine rings is 1. The van der Waals surface area contributed by atoms with Crippen LogP contribution in [-0.2, 0) is 4.79 Å². The van der Waals surface area contributed by atoms with Crippen molar-refractivity contribution >= 4 is 18.3 Å². The van der Waals surface area contributed by atoms with Crippen LogP contribution in [0, 0.1) is 17.8 Å². The molecule has 0 bridgehead atoms. The zero-order chi connectivity index (χ0) is 15.4. The molecule has 0 spiro atoms. The second kappa shape index (κ2) is 8.38. The average Bonchev–Trinajstić information content (AvgIpc) is 2.83. The maximum atomic E-state index is 12.4. The van der Waals surface area contributed by atoms with Gasteiger partial charge in [-0.15, -0.1) is 12.4 Å². The lowest BCUT2D eigenvalue weighted by Crippen LogP contribution is -2.37. The molecular formula is C19H25ClN2O. The minimum atomic E-state index is 0. The molecule has 0 aliphatic carbocycles. The van der Waals surface area contributed by atoms with E-state index in [-0.39, 0.29) is 30.3 Å². The monoisotopic (exact) mass is 332 g/mol. The molecule has 2 aliphatic heterocycles. The highest BCUT2D eigenvalue weighted by Gasteiger charge is 2.37. The van der Waals surface area contributed by atoms with Crippen molar-refractivity contribution in [3.8, 4) is 11.8 Å². The molecular weight excluding hydrogens is 308 g/mol. The summed E-state index contributed by atoms with van der Waals surface area (Å²) in [6.07, 6.45) is 4.74. The molecule has 4 heteroatoms. The molecule has 1 aromatic carbocycles. The van der Waals surface area contributed by atoms with Crippen LogP contribution >= 0.6 is 12.4 Å². The topological polar surface area (TPSA) is 23.6 Å². The summed E-state index contributed by atoms with van der Waals surface area (Å²) in [5.41, 5.74) is 1.02. The fourth-order valence-electron chi connectivity index (χ4n) is 3.42. The molecule has 1 aromatic rings.